The van der Waals surface area contributed by atoms with Crippen LogP contribution in [-0.2, 0) is 6.54 Å². The third-order valence-corrected chi connectivity index (χ3v) is 3.28. The molecule has 17 heavy (non-hydrogen) atoms. The van der Waals surface area contributed by atoms with E-state index in [0.717, 1.165) is 26.1 Å². The molecule has 0 aliphatic carbocycles. The van der Waals surface area contributed by atoms with Crippen LogP contribution in [0.4, 0.5) is 5.69 Å². The van der Waals surface area contributed by atoms with Gasteiger partial charge in [0, 0.05) is 31.4 Å². The zero-order valence-corrected chi connectivity index (χ0v) is 10.9. The van der Waals surface area contributed by atoms with E-state index in [0.29, 0.717) is 6.04 Å². The highest BCUT2D eigenvalue weighted by Gasteiger charge is 2.17. The van der Waals surface area contributed by atoms with E-state index < -0.39 is 0 Å². The second-order valence-corrected chi connectivity index (χ2v) is 5.06. The molecule has 1 aromatic rings. The largest absolute Gasteiger partial charge is 0.369 e. The lowest BCUT2D eigenvalue weighted by atomic mass is 10.1. The van der Waals surface area contributed by atoms with Crippen molar-refractivity contribution in [2.24, 2.45) is 0 Å². The summed E-state index contributed by atoms with van der Waals surface area (Å²) in [6, 6.07) is 9.23. The summed E-state index contributed by atoms with van der Waals surface area (Å²) < 4.78 is 0. The molecule has 0 aromatic heterocycles. The smallest absolute Gasteiger partial charge is 0.0412 e. The van der Waals surface area contributed by atoms with Gasteiger partial charge in [0.25, 0.3) is 0 Å². The third-order valence-electron chi connectivity index (χ3n) is 3.28. The molecule has 1 aliphatic heterocycles. The van der Waals surface area contributed by atoms with Gasteiger partial charge in [0.1, 0.15) is 0 Å². The van der Waals surface area contributed by atoms with E-state index in [4.69, 9.17) is 0 Å². The van der Waals surface area contributed by atoms with Crippen molar-refractivity contribution >= 4 is 5.69 Å². The van der Waals surface area contributed by atoms with Gasteiger partial charge in [-0.3, -0.25) is 0 Å². The summed E-state index contributed by atoms with van der Waals surface area (Å²) in [5, 5.41) is 3.55. The van der Waals surface area contributed by atoms with Gasteiger partial charge in [-0.2, -0.15) is 0 Å². The molecule has 0 fully saturated rings. The molecular weight excluding hydrogens is 208 g/mol. The van der Waals surface area contributed by atoms with Crippen LogP contribution in [0.2, 0.25) is 0 Å². The second kappa shape index (κ2) is 5.37. The van der Waals surface area contributed by atoms with Gasteiger partial charge in [-0.1, -0.05) is 23.8 Å². The van der Waals surface area contributed by atoms with Gasteiger partial charge in [0.05, 0.1) is 0 Å². The van der Waals surface area contributed by atoms with Crippen molar-refractivity contribution in [3.63, 3.8) is 0 Å². The molecule has 0 saturated carbocycles. The minimum absolute atomic E-state index is 0.535. The molecule has 1 atom stereocenters. The van der Waals surface area contributed by atoms with Gasteiger partial charge in [0.2, 0.25) is 0 Å². The number of fused-ring (bicyclic) bond motifs is 1. The molecule has 92 valence electrons. The average molecular weight is 230 g/mol. The lowest BCUT2D eigenvalue weighted by Crippen LogP contribution is -2.36. The fraction of sp³-hybridized carbons (Fsp3) is 0.467. The molecule has 1 heterocycles. The predicted molar refractivity (Wildman–Crippen MR) is 74.4 cm³/mol. The first kappa shape index (κ1) is 12.2. The van der Waals surface area contributed by atoms with Crippen molar-refractivity contribution in [3.8, 4) is 0 Å². The second-order valence-electron chi connectivity index (χ2n) is 5.06. The van der Waals surface area contributed by atoms with Crippen LogP contribution in [0.15, 0.2) is 36.4 Å². The van der Waals surface area contributed by atoms with Crippen molar-refractivity contribution in [1.82, 2.24) is 5.32 Å². The molecule has 1 unspecified atom stereocenters. The zero-order chi connectivity index (χ0) is 12.3. The third kappa shape index (κ3) is 3.10. The Morgan fingerprint density at radius 1 is 1.47 bits per heavy atom. The maximum absolute atomic E-state index is 4.00. The van der Waals surface area contributed by atoms with Crippen LogP contribution in [0.25, 0.3) is 0 Å². The lowest BCUT2D eigenvalue weighted by molar-refractivity contribution is 0.553. The highest BCUT2D eigenvalue weighted by molar-refractivity contribution is 5.54. The normalized spacial score (nSPS) is 19.6. The van der Waals surface area contributed by atoms with Gasteiger partial charge < -0.3 is 10.2 Å². The highest BCUT2D eigenvalue weighted by Crippen LogP contribution is 2.23. The standard InChI is InChI=1S/C15H22N2/c1-12(2)8-9-17-11-13(3)16-10-14-6-4-5-7-15(14)17/h4-7,13,16H,1,8-11H2,2-3H3. The number of benzene rings is 1. The van der Waals surface area contributed by atoms with Crippen LogP contribution >= 0.6 is 0 Å². The van der Waals surface area contributed by atoms with Crippen LogP contribution in [0, 0.1) is 0 Å². The van der Waals surface area contributed by atoms with E-state index in [1.807, 2.05) is 0 Å². The van der Waals surface area contributed by atoms with Gasteiger partial charge in [0.15, 0.2) is 0 Å². The van der Waals surface area contributed by atoms with Gasteiger partial charge in [-0.05, 0) is 31.9 Å². The summed E-state index contributed by atoms with van der Waals surface area (Å²) in [5.74, 6) is 0. The number of nitrogens with zero attached hydrogens (tertiary/aromatic N) is 1. The molecule has 2 nitrogen and oxygen atoms in total. The molecule has 2 rings (SSSR count). The topological polar surface area (TPSA) is 15.3 Å². The Balaban J connectivity index is 2.19. The first-order chi connectivity index (χ1) is 8.16. The average Bonchev–Trinajstić information content (AvgIpc) is 2.47. The summed E-state index contributed by atoms with van der Waals surface area (Å²) in [5.41, 5.74) is 4.04. The Kier molecular flexibility index (Phi) is 3.85. The Morgan fingerprint density at radius 2 is 2.24 bits per heavy atom. The summed E-state index contributed by atoms with van der Waals surface area (Å²) >= 11 is 0. The van der Waals surface area contributed by atoms with E-state index in [9.17, 15) is 0 Å². The molecule has 0 radical (unpaired) electrons. The fourth-order valence-electron chi connectivity index (χ4n) is 2.28. The minimum atomic E-state index is 0.535. The first-order valence-electron chi connectivity index (χ1n) is 6.37. The Bertz CT molecular complexity index is 398. The SMILES string of the molecule is C=C(C)CCN1CC(C)NCc2ccccc21. The van der Waals surface area contributed by atoms with Gasteiger partial charge >= 0.3 is 0 Å². The van der Waals surface area contributed by atoms with E-state index in [-0.39, 0.29) is 0 Å². The first-order valence-corrected chi connectivity index (χ1v) is 6.37. The quantitative estimate of drug-likeness (QED) is 0.803. The number of hydrogen-bond acceptors (Lipinski definition) is 2. The number of rotatable bonds is 3. The monoisotopic (exact) mass is 230 g/mol. The maximum atomic E-state index is 4.00. The molecule has 0 bridgehead atoms. The van der Waals surface area contributed by atoms with Gasteiger partial charge in [-0.25, -0.2) is 0 Å². The summed E-state index contributed by atoms with van der Waals surface area (Å²) in [6.45, 7) is 11.5. The van der Waals surface area contributed by atoms with Crippen LogP contribution in [0.5, 0.6) is 0 Å². The highest BCUT2D eigenvalue weighted by atomic mass is 15.2. The number of hydrogen-bond donors (Lipinski definition) is 1. The van der Waals surface area contributed by atoms with Crippen molar-refractivity contribution < 1.29 is 0 Å². The fourth-order valence-corrected chi connectivity index (χ4v) is 2.28. The Labute approximate surface area is 104 Å². The van der Waals surface area contributed by atoms with Crippen LogP contribution < -0.4 is 10.2 Å². The molecule has 1 aliphatic rings. The van der Waals surface area contributed by atoms with Crippen LogP contribution in [-0.4, -0.2) is 19.1 Å². The van der Waals surface area contributed by atoms with Crippen LogP contribution in [0.3, 0.4) is 0 Å². The molecule has 2 heteroatoms. The van der Waals surface area contributed by atoms with E-state index in [1.54, 1.807) is 0 Å². The molecule has 0 amide bonds. The van der Waals surface area contributed by atoms with Crippen LogP contribution in [0.1, 0.15) is 25.8 Å². The van der Waals surface area contributed by atoms with Crippen molar-refractivity contribution in [2.75, 3.05) is 18.0 Å². The zero-order valence-electron chi connectivity index (χ0n) is 10.9. The van der Waals surface area contributed by atoms with E-state index in [2.05, 4.69) is 54.9 Å². The number of anilines is 1. The molecular formula is C15H22N2. The van der Waals surface area contributed by atoms with E-state index in [1.165, 1.54) is 16.8 Å². The molecule has 0 spiro atoms. The summed E-state index contributed by atoms with van der Waals surface area (Å²) in [7, 11) is 0. The van der Waals surface area contributed by atoms with E-state index >= 15 is 0 Å². The lowest BCUT2D eigenvalue weighted by Gasteiger charge is -2.26. The summed E-state index contributed by atoms with van der Waals surface area (Å²) in [4.78, 5) is 2.48. The predicted octanol–water partition coefficient (Wildman–Crippen LogP) is 2.95. The number of nitrogens with one attached hydrogen (secondary N) is 1. The van der Waals surface area contributed by atoms with Crippen molar-refractivity contribution in [3.05, 3.63) is 42.0 Å². The van der Waals surface area contributed by atoms with Crippen molar-refractivity contribution in [1.29, 1.82) is 0 Å². The van der Waals surface area contributed by atoms with Crippen molar-refractivity contribution in [2.45, 2.75) is 32.9 Å². The Morgan fingerprint density at radius 3 is 3.00 bits per heavy atom. The summed E-state index contributed by atoms with van der Waals surface area (Å²) in [6.07, 6.45) is 1.07. The molecule has 1 aromatic carbocycles. The molecule has 1 N–H and O–H groups in total. The maximum Gasteiger partial charge on any atom is 0.0412 e. The minimum Gasteiger partial charge on any atom is -0.369 e. The number of para-hydroxylation sites is 1. The molecule has 0 saturated heterocycles. The van der Waals surface area contributed by atoms with Gasteiger partial charge in [-0.15, -0.1) is 6.58 Å². The Hall–Kier alpha value is -1.28.